The Morgan fingerprint density at radius 1 is 1.36 bits per heavy atom. The molecular weight excluding hydrogens is 186 g/mol. The van der Waals surface area contributed by atoms with Crippen LogP contribution in [0, 0.1) is 0 Å². The fraction of sp³-hybridized carbons (Fsp3) is 0.889. The van der Waals surface area contributed by atoms with Crippen molar-refractivity contribution in [1.29, 1.82) is 0 Å². The van der Waals surface area contributed by atoms with Crippen molar-refractivity contribution in [2.45, 2.75) is 38.4 Å². The van der Waals surface area contributed by atoms with Crippen LogP contribution in [0.25, 0.3) is 0 Å². The van der Waals surface area contributed by atoms with E-state index in [-0.39, 0.29) is 5.91 Å². The second-order valence-electron chi connectivity index (χ2n) is 3.64. The fourth-order valence-corrected chi connectivity index (χ4v) is 1.43. The molecule has 1 aliphatic rings. The van der Waals surface area contributed by atoms with Gasteiger partial charge in [-0.3, -0.25) is 4.79 Å². The maximum Gasteiger partial charge on any atom is 0.251 e. The molecule has 5 nitrogen and oxygen atoms in total. The maximum absolute atomic E-state index is 11.4. The molecule has 0 unspecified atom stereocenters. The van der Waals surface area contributed by atoms with Crippen LogP contribution in [0.1, 0.15) is 20.8 Å². The molecular formula is C9H17NO4. The first-order valence-corrected chi connectivity index (χ1v) is 4.48. The highest BCUT2D eigenvalue weighted by Crippen LogP contribution is 2.32. The SMILES string of the molecule is CO[C@]1(C)O[C@@H](C)C(=O)N[C@@]1(C)OC. The number of methoxy groups -OCH3 is 2. The van der Waals surface area contributed by atoms with E-state index in [1.54, 1.807) is 20.8 Å². The van der Waals surface area contributed by atoms with Crippen LogP contribution in [-0.4, -0.2) is 37.7 Å². The first-order valence-electron chi connectivity index (χ1n) is 4.48. The highest BCUT2D eigenvalue weighted by Gasteiger charge is 2.53. The Morgan fingerprint density at radius 3 is 2.36 bits per heavy atom. The number of carbonyl (C=O) groups is 1. The minimum Gasteiger partial charge on any atom is -0.354 e. The first kappa shape index (κ1) is 11.4. The largest absolute Gasteiger partial charge is 0.354 e. The number of morpholine rings is 1. The van der Waals surface area contributed by atoms with Crippen molar-refractivity contribution in [2.24, 2.45) is 0 Å². The van der Waals surface area contributed by atoms with Crippen molar-refractivity contribution in [3.63, 3.8) is 0 Å². The second-order valence-corrected chi connectivity index (χ2v) is 3.64. The van der Waals surface area contributed by atoms with Crippen molar-refractivity contribution in [1.82, 2.24) is 5.32 Å². The predicted octanol–water partition coefficient (Wildman–Crippen LogP) is 0.246. The average Bonchev–Trinajstić information content (AvgIpc) is 2.15. The van der Waals surface area contributed by atoms with Crippen molar-refractivity contribution < 1.29 is 19.0 Å². The van der Waals surface area contributed by atoms with E-state index in [4.69, 9.17) is 14.2 Å². The number of hydrogen-bond acceptors (Lipinski definition) is 4. The van der Waals surface area contributed by atoms with Crippen LogP contribution in [0.5, 0.6) is 0 Å². The van der Waals surface area contributed by atoms with E-state index in [1.165, 1.54) is 14.2 Å². The molecule has 0 aromatic heterocycles. The van der Waals surface area contributed by atoms with Gasteiger partial charge in [0.15, 0.2) is 5.72 Å². The zero-order chi connectivity index (χ0) is 11.0. The third-order valence-corrected chi connectivity index (χ3v) is 2.80. The molecule has 0 aromatic carbocycles. The molecule has 0 aliphatic carbocycles. The molecule has 1 fully saturated rings. The van der Waals surface area contributed by atoms with E-state index in [0.29, 0.717) is 0 Å². The molecule has 0 spiro atoms. The zero-order valence-electron chi connectivity index (χ0n) is 9.21. The molecule has 0 aromatic rings. The van der Waals surface area contributed by atoms with Gasteiger partial charge in [0.05, 0.1) is 0 Å². The summed E-state index contributed by atoms with van der Waals surface area (Å²) in [6.07, 6.45) is -0.539. The molecule has 1 rings (SSSR count). The van der Waals surface area contributed by atoms with Gasteiger partial charge in [0.2, 0.25) is 5.79 Å². The lowest BCUT2D eigenvalue weighted by Crippen LogP contribution is -2.71. The van der Waals surface area contributed by atoms with Crippen LogP contribution in [0.4, 0.5) is 0 Å². The lowest BCUT2D eigenvalue weighted by atomic mass is 10.0. The van der Waals surface area contributed by atoms with Crippen molar-refractivity contribution >= 4 is 5.91 Å². The van der Waals surface area contributed by atoms with E-state index in [0.717, 1.165) is 0 Å². The summed E-state index contributed by atoms with van der Waals surface area (Å²) in [6.45, 7) is 5.11. The van der Waals surface area contributed by atoms with Gasteiger partial charge in [-0.1, -0.05) is 0 Å². The summed E-state index contributed by atoms with van der Waals surface area (Å²) >= 11 is 0. The Labute approximate surface area is 83.7 Å². The third kappa shape index (κ3) is 1.51. The van der Waals surface area contributed by atoms with Crippen LogP contribution in [0.2, 0.25) is 0 Å². The molecule has 1 N–H and O–H groups in total. The molecule has 1 amide bonds. The van der Waals surface area contributed by atoms with E-state index < -0.39 is 17.6 Å². The number of hydrogen-bond donors (Lipinski definition) is 1. The molecule has 0 radical (unpaired) electrons. The van der Waals surface area contributed by atoms with Crippen LogP contribution in [0.15, 0.2) is 0 Å². The normalized spacial score (nSPS) is 43.5. The molecule has 5 heteroatoms. The molecule has 0 saturated carbocycles. The monoisotopic (exact) mass is 203 g/mol. The maximum atomic E-state index is 11.4. The van der Waals surface area contributed by atoms with Crippen LogP contribution in [-0.2, 0) is 19.0 Å². The van der Waals surface area contributed by atoms with E-state index >= 15 is 0 Å². The summed E-state index contributed by atoms with van der Waals surface area (Å²) in [6, 6.07) is 0. The number of carbonyl (C=O) groups excluding carboxylic acids is 1. The summed E-state index contributed by atoms with van der Waals surface area (Å²) in [5.41, 5.74) is -0.967. The van der Waals surface area contributed by atoms with Crippen molar-refractivity contribution in [3.05, 3.63) is 0 Å². The highest BCUT2D eigenvalue weighted by atomic mass is 16.7. The third-order valence-electron chi connectivity index (χ3n) is 2.80. The minimum absolute atomic E-state index is 0.205. The summed E-state index contributed by atoms with van der Waals surface area (Å²) in [5.74, 6) is -1.18. The van der Waals surface area contributed by atoms with Crippen molar-refractivity contribution in [3.8, 4) is 0 Å². The predicted molar refractivity (Wildman–Crippen MR) is 49.5 cm³/mol. The van der Waals surface area contributed by atoms with Gasteiger partial charge in [-0.15, -0.1) is 0 Å². The standard InChI is InChI=1S/C9H17NO4/c1-6-7(11)10-8(2,12-4)9(3,13-5)14-6/h6H,1-5H3,(H,10,11)/t6-,8-,9+/m0/s1. The van der Waals surface area contributed by atoms with Gasteiger partial charge in [-0.2, -0.15) is 0 Å². The average molecular weight is 203 g/mol. The van der Waals surface area contributed by atoms with Gasteiger partial charge in [0, 0.05) is 14.2 Å². The number of nitrogens with one attached hydrogen (secondary N) is 1. The topological polar surface area (TPSA) is 56.8 Å². The van der Waals surface area contributed by atoms with Gasteiger partial charge in [-0.25, -0.2) is 0 Å². The van der Waals surface area contributed by atoms with Crippen LogP contribution in [0.3, 0.4) is 0 Å². The quantitative estimate of drug-likeness (QED) is 0.698. The number of amides is 1. The van der Waals surface area contributed by atoms with Crippen LogP contribution < -0.4 is 5.32 Å². The summed E-state index contributed by atoms with van der Waals surface area (Å²) in [4.78, 5) is 11.4. The molecule has 1 heterocycles. The highest BCUT2D eigenvalue weighted by molar-refractivity contribution is 5.81. The Balaban J connectivity index is 2.97. The summed E-state index contributed by atoms with van der Waals surface area (Å²) in [7, 11) is 3.01. The summed E-state index contributed by atoms with van der Waals surface area (Å²) in [5, 5.41) is 2.72. The second kappa shape index (κ2) is 3.49. The molecule has 82 valence electrons. The van der Waals surface area contributed by atoms with Gasteiger partial charge in [0.1, 0.15) is 6.10 Å². The Bertz CT molecular complexity index is 245. The molecule has 0 bridgehead atoms. The van der Waals surface area contributed by atoms with E-state index in [9.17, 15) is 4.79 Å². The van der Waals surface area contributed by atoms with Gasteiger partial charge >= 0.3 is 0 Å². The number of rotatable bonds is 2. The Kier molecular flexibility index (Phi) is 2.85. The number of ether oxygens (including phenoxy) is 3. The lowest BCUT2D eigenvalue weighted by Gasteiger charge is -2.48. The van der Waals surface area contributed by atoms with Gasteiger partial charge in [0.25, 0.3) is 5.91 Å². The lowest BCUT2D eigenvalue weighted by molar-refractivity contribution is -0.335. The molecule has 14 heavy (non-hydrogen) atoms. The smallest absolute Gasteiger partial charge is 0.251 e. The Hall–Kier alpha value is -0.650. The molecule has 1 saturated heterocycles. The summed E-state index contributed by atoms with van der Waals surface area (Å²) < 4.78 is 15.9. The molecule has 1 aliphatic heterocycles. The zero-order valence-corrected chi connectivity index (χ0v) is 9.21. The van der Waals surface area contributed by atoms with E-state index in [1.807, 2.05) is 0 Å². The fourth-order valence-electron chi connectivity index (χ4n) is 1.43. The van der Waals surface area contributed by atoms with Crippen LogP contribution >= 0.6 is 0 Å². The Morgan fingerprint density at radius 2 is 1.93 bits per heavy atom. The van der Waals surface area contributed by atoms with Crippen molar-refractivity contribution in [2.75, 3.05) is 14.2 Å². The molecule has 3 atom stereocenters. The van der Waals surface area contributed by atoms with Gasteiger partial charge < -0.3 is 19.5 Å². The van der Waals surface area contributed by atoms with E-state index in [2.05, 4.69) is 5.32 Å². The van der Waals surface area contributed by atoms with Gasteiger partial charge in [-0.05, 0) is 20.8 Å². The first-order chi connectivity index (χ1) is 6.38. The minimum atomic E-state index is -0.977.